The topological polar surface area (TPSA) is 206 Å². The van der Waals surface area contributed by atoms with Crippen LogP contribution < -0.4 is 26.6 Å². The van der Waals surface area contributed by atoms with Crippen LogP contribution in [0.2, 0.25) is 0 Å². The van der Waals surface area contributed by atoms with Gasteiger partial charge in [-0.15, -0.1) is 0 Å². The predicted octanol–water partition coefficient (Wildman–Crippen LogP) is 3.55. The molecule has 56 heavy (non-hydrogen) atoms. The number of benzene rings is 2. The lowest BCUT2D eigenvalue weighted by molar-refractivity contribution is 0.0658. The molecule has 4 aliphatic heterocycles. The Kier molecular flexibility index (Phi) is 12.3. The maximum absolute atomic E-state index is 12.7. The molecule has 0 unspecified atom stereocenters. The predicted molar refractivity (Wildman–Crippen MR) is 206 cm³/mol. The fraction of sp³-hybridized carbons (Fsp3) is 0.366. The standard InChI is InChI=1S/C20H21N3O4.C14H16N2O5.C7H9N/c24-17-15(19(26)21-10-13-6-2-1-3-7-13)12-23-14-8-4-5-9-22(11-14)20(27)16(23)18(17)25;1-21-12-10-13(18)15-5-3-2-4-8(6-15)16(10)7-9(11(12)17)14(19)20;8-6-7-4-2-1-3-5-7/h1-3,6-7,12,14,25H,4-5,8-11H2,(H,21,26);7-8H,2-6H2,1H3,(H,19,20);1-5H,6,8H2/t14-;8-;/m00./s1. The highest BCUT2D eigenvalue weighted by Gasteiger charge is 2.38. The van der Waals surface area contributed by atoms with E-state index in [9.17, 15) is 33.9 Å². The molecule has 5 N–H and O–H groups in total. The van der Waals surface area contributed by atoms with Crippen molar-refractivity contribution in [1.29, 1.82) is 0 Å². The van der Waals surface area contributed by atoms with Gasteiger partial charge in [0.15, 0.2) is 22.9 Å². The number of nitrogens with one attached hydrogen (secondary N) is 1. The summed E-state index contributed by atoms with van der Waals surface area (Å²) in [4.78, 5) is 77.1. The second-order valence-electron chi connectivity index (χ2n) is 14.1. The summed E-state index contributed by atoms with van der Waals surface area (Å²) in [6, 6.07) is 19.3. The van der Waals surface area contributed by atoms with Crippen molar-refractivity contribution in [3.8, 4) is 11.5 Å². The zero-order valence-corrected chi connectivity index (χ0v) is 31.2. The number of carbonyl (C=O) groups excluding carboxylic acids is 3. The van der Waals surface area contributed by atoms with E-state index in [0.29, 0.717) is 32.7 Å². The van der Waals surface area contributed by atoms with Gasteiger partial charge in [-0.05, 0) is 49.7 Å². The van der Waals surface area contributed by atoms with Crippen molar-refractivity contribution in [3.05, 3.63) is 127 Å². The highest BCUT2D eigenvalue weighted by molar-refractivity contribution is 5.99. The molecule has 2 atom stereocenters. The largest absolute Gasteiger partial charge is 0.503 e. The van der Waals surface area contributed by atoms with Crippen molar-refractivity contribution >= 4 is 23.7 Å². The molecule has 2 fully saturated rings. The number of carboxylic acids is 1. The lowest BCUT2D eigenvalue weighted by atomic mass is 10.1. The lowest BCUT2D eigenvalue weighted by Gasteiger charge is -2.34. The molecule has 4 aromatic rings. The number of ether oxygens (including phenoxy) is 1. The minimum atomic E-state index is -1.31. The van der Waals surface area contributed by atoms with E-state index in [2.05, 4.69) is 5.32 Å². The molecule has 8 rings (SSSR count). The zero-order chi connectivity index (χ0) is 39.9. The number of rotatable bonds is 6. The van der Waals surface area contributed by atoms with E-state index >= 15 is 0 Å². The quantitative estimate of drug-likeness (QED) is 0.225. The molecule has 6 heterocycles. The Bertz CT molecular complexity index is 2220. The van der Waals surface area contributed by atoms with Gasteiger partial charge in [-0.1, -0.05) is 60.7 Å². The van der Waals surface area contributed by atoms with Crippen molar-refractivity contribution in [1.82, 2.24) is 24.3 Å². The van der Waals surface area contributed by atoms with Gasteiger partial charge in [-0.2, -0.15) is 0 Å². The third-order valence-electron chi connectivity index (χ3n) is 10.5. The minimum Gasteiger partial charge on any atom is -0.503 e. The van der Waals surface area contributed by atoms with E-state index in [1.54, 1.807) is 18.9 Å². The second-order valence-corrected chi connectivity index (χ2v) is 14.1. The summed E-state index contributed by atoms with van der Waals surface area (Å²) in [5.41, 5.74) is 5.56. The van der Waals surface area contributed by atoms with Gasteiger partial charge in [0.2, 0.25) is 10.9 Å². The molecule has 0 saturated carbocycles. The van der Waals surface area contributed by atoms with Crippen molar-refractivity contribution in [2.45, 2.75) is 63.7 Å². The average molecular weight is 767 g/mol. The van der Waals surface area contributed by atoms with E-state index < -0.39 is 28.5 Å². The van der Waals surface area contributed by atoms with Gasteiger partial charge in [0, 0.05) is 51.7 Å². The fourth-order valence-electron chi connectivity index (χ4n) is 7.58. The van der Waals surface area contributed by atoms with Crippen molar-refractivity contribution in [2.24, 2.45) is 5.73 Å². The van der Waals surface area contributed by atoms with Crippen LogP contribution in [-0.2, 0) is 13.1 Å². The van der Waals surface area contributed by atoms with Crippen LogP contribution in [0.5, 0.6) is 11.5 Å². The van der Waals surface area contributed by atoms with Gasteiger partial charge in [0.1, 0.15) is 11.1 Å². The Balaban J connectivity index is 0.000000162. The molecule has 294 valence electrons. The molecular formula is C41H46N6O9. The third kappa shape index (κ3) is 8.22. The number of amides is 3. The first-order valence-electron chi connectivity index (χ1n) is 18.7. The Morgan fingerprint density at radius 2 is 1.27 bits per heavy atom. The summed E-state index contributed by atoms with van der Waals surface area (Å²) in [5, 5.41) is 22.3. The van der Waals surface area contributed by atoms with Crippen molar-refractivity contribution < 1.29 is 34.1 Å². The highest BCUT2D eigenvalue weighted by atomic mass is 16.5. The molecular weight excluding hydrogens is 720 g/mol. The fourth-order valence-corrected chi connectivity index (χ4v) is 7.58. The van der Waals surface area contributed by atoms with Gasteiger partial charge in [-0.3, -0.25) is 24.0 Å². The molecule has 3 amide bonds. The zero-order valence-electron chi connectivity index (χ0n) is 31.2. The summed E-state index contributed by atoms with van der Waals surface area (Å²) in [7, 11) is 1.28. The Morgan fingerprint density at radius 1 is 0.750 bits per heavy atom. The van der Waals surface area contributed by atoms with E-state index in [-0.39, 0.29) is 58.7 Å². The van der Waals surface area contributed by atoms with Crippen LogP contribution in [0, 0.1) is 0 Å². The van der Waals surface area contributed by atoms with E-state index in [1.807, 2.05) is 60.7 Å². The molecule has 2 aromatic carbocycles. The minimum absolute atomic E-state index is 0.00207. The molecule has 4 bridgehead atoms. The second kappa shape index (κ2) is 17.5. The number of aromatic carboxylic acids is 1. The van der Waals surface area contributed by atoms with Gasteiger partial charge in [-0.25, -0.2) is 4.79 Å². The number of pyridine rings is 2. The number of carbonyl (C=O) groups is 4. The smallest absolute Gasteiger partial charge is 0.341 e. The summed E-state index contributed by atoms with van der Waals surface area (Å²) < 4.78 is 8.31. The first-order chi connectivity index (χ1) is 27.0. The maximum atomic E-state index is 12.7. The van der Waals surface area contributed by atoms with Crippen LogP contribution in [0.15, 0.2) is 82.6 Å². The van der Waals surface area contributed by atoms with Crippen LogP contribution in [0.4, 0.5) is 0 Å². The SMILES string of the molecule is COc1c2n(cc(C(=O)O)c1=O)[C@H]1CCCCN(C1)C2=O.NCc1ccccc1.O=C(NCc1ccccc1)c1cn2c(c(O)c1=O)C(=O)N1CCCC[C@H]2C1. The Hall–Kier alpha value is -6.22. The first-order valence-corrected chi connectivity index (χ1v) is 18.7. The number of nitrogens with two attached hydrogens (primary N) is 1. The number of nitrogens with zero attached hydrogens (tertiary/aromatic N) is 4. The van der Waals surface area contributed by atoms with Crippen molar-refractivity contribution in [2.75, 3.05) is 33.3 Å². The number of fused-ring (bicyclic) bond motifs is 8. The monoisotopic (exact) mass is 766 g/mol. The number of aromatic nitrogens is 2. The molecule has 0 radical (unpaired) electrons. The van der Waals surface area contributed by atoms with Crippen LogP contribution in [-0.4, -0.2) is 86.1 Å². The summed E-state index contributed by atoms with van der Waals surface area (Å²) >= 11 is 0. The third-order valence-corrected chi connectivity index (χ3v) is 10.5. The molecule has 15 heteroatoms. The summed E-state index contributed by atoms with van der Waals surface area (Å²) in [5.74, 6) is -3.28. The first kappa shape index (κ1) is 39.5. The lowest BCUT2D eigenvalue weighted by Crippen LogP contribution is -2.44. The maximum Gasteiger partial charge on any atom is 0.341 e. The highest BCUT2D eigenvalue weighted by Crippen LogP contribution is 2.33. The molecule has 4 aliphatic rings. The number of hydrogen-bond donors (Lipinski definition) is 4. The number of methoxy groups -OCH3 is 1. The number of hydrogen-bond acceptors (Lipinski definition) is 9. The molecule has 0 spiro atoms. The van der Waals surface area contributed by atoms with Gasteiger partial charge in [0.05, 0.1) is 19.2 Å². The molecule has 0 aliphatic carbocycles. The van der Waals surface area contributed by atoms with Crippen LogP contribution in [0.1, 0.15) is 103 Å². The van der Waals surface area contributed by atoms with Crippen molar-refractivity contribution in [3.63, 3.8) is 0 Å². The van der Waals surface area contributed by atoms with E-state index in [4.69, 9.17) is 15.6 Å². The molecule has 2 aromatic heterocycles. The van der Waals surface area contributed by atoms with E-state index in [1.165, 1.54) is 25.1 Å². The number of aromatic hydroxyl groups is 1. The van der Waals surface area contributed by atoms with E-state index in [0.717, 1.165) is 44.1 Å². The van der Waals surface area contributed by atoms with Crippen LogP contribution in [0.3, 0.4) is 0 Å². The average Bonchev–Trinajstić information content (AvgIpc) is 3.59. The van der Waals surface area contributed by atoms with Gasteiger partial charge in [0.25, 0.3) is 17.7 Å². The summed E-state index contributed by atoms with van der Waals surface area (Å²) in [6.07, 6.45) is 8.13. The molecule has 15 nitrogen and oxygen atoms in total. The summed E-state index contributed by atoms with van der Waals surface area (Å²) in [6.45, 7) is 3.30. The molecule has 2 saturated heterocycles. The Morgan fingerprint density at radius 3 is 1.79 bits per heavy atom. The van der Waals surface area contributed by atoms with Crippen LogP contribution in [0.25, 0.3) is 0 Å². The van der Waals surface area contributed by atoms with Gasteiger partial charge >= 0.3 is 5.97 Å². The van der Waals surface area contributed by atoms with Gasteiger partial charge < -0.3 is 44.9 Å². The number of carboxylic acid groups (broad SMARTS) is 1. The van der Waals surface area contributed by atoms with Crippen LogP contribution >= 0.6 is 0 Å². The normalized spacial score (nSPS) is 18.0. The Labute approximate surface area is 322 Å².